The number of amides is 2. The van der Waals surface area contributed by atoms with Crippen molar-refractivity contribution in [1.29, 1.82) is 0 Å². The molecule has 0 aromatic carbocycles. The van der Waals surface area contributed by atoms with Gasteiger partial charge in [0.05, 0.1) is 31.3 Å². The third kappa shape index (κ3) is 29.4. The molecule has 5 N–H and O–H groups in total. The van der Waals surface area contributed by atoms with Crippen LogP contribution in [0.5, 0.6) is 0 Å². The number of nitrogens with one attached hydrogen (secondary N) is 2. The van der Waals surface area contributed by atoms with E-state index < -0.39 is 18.9 Å². The highest BCUT2D eigenvalue weighted by Gasteiger charge is 2.25. The van der Waals surface area contributed by atoms with Crippen LogP contribution in [0.15, 0.2) is 0 Å². The average Bonchev–Trinajstić information content (AvgIpc) is 3.32. The number of carbonyl (C=O) groups excluding carboxylic acids is 2. The Bertz CT molecular complexity index is 473. The number of hydrogen-bond acceptors (Lipinski definition) is 10. The summed E-state index contributed by atoms with van der Waals surface area (Å²) >= 11 is 9.53. The van der Waals surface area contributed by atoms with Crippen LogP contribution in [0.25, 0.3) is 0 Å². The number of methoxy groups -OCH3 is 3. The molecule has 0 spiro atoms. The highest BCUT2D eigenvalue weighted by molar-refractivity contribution is 6.40. The fourth-order valence-electron chi connectivity index (χ4n) is 2.05. The fourth-order valence-corrected chi connectivity index (χ4v) is 2.05. The lowest BCUT2D eigenvalue weighted by atomic mass is 10.3. The van der Waals surface area contributed by atoms with Gasteiger partial charge in [-0.05, 0) is 12.8 Å². The number of carbonyl (C=O) groups is 2. The molecule has 220 valence electrons. The minimum absolute atomic E-state index is 0. The molecule has 3 atom stereocenters. The molecule has 3 unspecified atom stereocenters. The molecular weight excluding hydrogens is 523 g/mol. The molecule has 14 heteroatoms. The summed E-state index contributed by atoms with van der Waals surface area (Å²) in [7, 11) is 4.47. The smallest absolute Gasteiger partial charge is 0.271 e. The van der Waals surface area contributed by atoms with Crippen LogP contribution >= 0.6 is 23.2 Å². The van der Waals surface area contributed by atoms with Gasteiger partial charge in [0.2, 0.25) is 11.8 Å². The Labute approximate surface area is 225 Å². The Morgan fingerprint density at radius 2 is 1.50 bits per heavy atom. The van der Waals surface area contributed by atoms with Crippen molar-refractivity contribution >= 4 is 35.0 Å². The Morgan fingerprint density at radius 3 is 1.83 bits per heavy atom. The fraction of sp³-hybridized carbons (Fsp3) is 0.909. The molecule has 1 saturated heterocycles. The molecule has 0 radical (unpaired) electrons. The van der Waals surface area contributed by atoms with E-state index in [0.29, 0.717) is 26.0 Å². The zero-order chi connectivity index (χ0) is 27.5. The lowest BCUT2D eigenvalue weighted by molar-refractivity contribution is -0.222. The lowest BCUT2D eigenvalue weighted by Gasteiger charge is -2.10. The maximum absolute atomic E-state index is 11.1. The van der Waals surface area contributed by atoms with E-state index in [1.807, 2.05) is 13.8 Å². The van der Waals surface area contributed by atoms with Crippen molar-refractivity contribution in [3.8, 4) is 0 Å². The van der Waals surface area contributed by atoms with Gasteiger partial charge in [0.15, 0.2) is 6.29 Å². The molecule has 1 fully saturated rings. The zero-order valence-electron chi connectivity index (χ0n) is 21.3. The number of halogens is 2. The largest absolute Gasteiger partial charge is 0.394 e. The van der Waals surface area contributed by atoms with Crippen LogP contribution in [0.1, 0.15) is 47.0 Å². The predicted octanol–water partition coefficient (Wildman–Crippen LogP) is 1.16. The quantitative estimate of drug-likeness (QED) is 0.160. The van der Waals surface area contributed by atoms with Gasteiger partial charge in [0.25, 0.3) is 6.48 Å². The molecule has 12 nitrogen and oxygen atoms in total. The van der Waals surface area contributed by atoms with Crippen molar-refractivity contribution in [2.45, 2.75) is 71.9 Å². The first-order valence-electron chi connectivity index (χ1n) is 11.1. The van der Waals surface area contributed by atoms with Gasteiger partial charge < -0.3 is 49.6 Å². The zero-order valence-corrected chi connectivity index (χ0v) is 22.8. The van der Waals surface area contributed by atoms with Crippen molar-refractivity contribution in [1.82, 2.24) is 10.6 Å². The SMILES string of the molecule is C.CCCC(=O)NCC(O)CO.CCCC(=O)NCC1COC(OC)O1.COC(CO)OC.ClCCl. The summed E-state index contributed by atoms with van der Waals surface area (Å²) in [6, 6.07) is 0. The molecule has 1 aliphatic heterocycles. The maximum Gasteiger partial charge on any atom is 0.271 e. The van der Waals surface area contributed by atoms with E-state index in [-0.39, 0.29) is 50.4 Å². The van der Waals surface area contributed by atoms with Crippen LogP contribution in [-0.4, -0.2) is 112 Å². The number of hydrogen-bond donors (Lipinski definition) is 5. The summed E-state index contributed by atoms with van der Waals surface area (Å²) in [6.45, 7) is 3.97. The van der Waals surface area contributed by atoms with Crippen LogP contribution in [0.3, 0.4) is 0 Å². The summed E-state index contributed by atoms with van der Waals surface area (Å²) in [6.07, 6.45) is 1.28. The van der Waals surface area contributed by atoms with Crippen molar-refractivity contribution in [2.75, 3.05) is 59.6 Å². The standard InChI is InChI=1S/C9H17NO4.C7H15NO3.C4H10O3.CH2Cl2.CH4/c1-3-4-8(11)10-5-7-6-13-9(12-2)14-7;1-2-3-7(11)8-4-6(10)5-9;1-6-4(3-5)7-2;2-1-3;/h7,9H,3-6H2,1-2H3,(H,10,11);6,9-10H,2-5H2,1H3,(H,8,11);4-5H,3H2,1-2H3;1H2;1H4. The summed E-state index contributed by atoms with van der Waals surface area (Å²) < 4.78 is 24.4. The summed E-state index contributed by atoms with van der Waals surface area (Å²) in [4.78, 5) is 21.9. The number of ether oxygens (including phenoxy) is 5. The van der Waals surface area contributed by atoms with Crippen LogP contribution in [-0.2, 0) is 33.3 Å². The predicted molar refractivity (Wildman–Crippen MR) is 139 cm³/mol. The number of aliphatic hydroxyl groups is 3. The maximum atomic E-state index is 11.1. The van der Waals surface area contributed by atoms with Gasteiger partial charge in [-0.3, -0.25) is 9.59 Å². The molecule has 2 amide bonds. The average molecular weight is 572 g/mol. The molecule has 0 aromatic heterocycles. The second-order valence-corrected chi connectivity index (χ2v) is 7.55. The van der Waals surface area contributed by atoms with Crippen molar-refractivity contribution in [2.24, 2.45) is 0 Å². The van der Waals surface area contributed by atoms with Crippen molar-refractivity contribution < 1.29 is 48.6 Å². The molecule has 1 rings (SSSR count). The Hall–Kier alpha value is -0.800. The van der Waals surface area contributed by atoms with Crippen molar-refractivity contribution in [3.05, 3.63) is 0 Å². The molecule has 0 bridgehead atoms. The Kier molecular flexibility index (Phi) is 37.9. The van der Waals surface area contributed by atoms with E-state index in [1.165, 1.54) is 21.3 Å². The second kappa shape index (κ2) is 32.2. The van der Waals surface area contributed by atoms with E-state index in [4.69, 9.17) is 52.7 Å². The molecule has 0 saturated carbocycles. The van der Waals surface area contributed by atoms with E-state index in [2.05, 4.69) is 20.1 Å². The first kappa shape index (κ1) is 42.3. The summed E-state index contributed by atoms with van der Waals surface area (Å²) in [5, 5.41) is 30.9. The minimum atomic E-state index is -0.837. The van der Waals surface area contributed by atoms with E-state index in [9.17, 15) is 9.59 Å². The summed E-state index contributed by atoms with van der Waals surface area (Å²) in [5.74, 6) is -0.0306. The van der Waals surface area contributed by atoms with Crippen LogP contribution in [0.4, 0.5) is 0 Å². The number of rotatable bonds is 13. The number of alkyl halides is 2. The minimum Gasteiger partial charge on any atom is -0.394 e. The van der Waals surface area contributed by atoms with Gasteiger partial charge >= 0.3 is 0 Å². The van der Waals surface area contributed by atoms with E-state index in [0.717, 1.165) is 12.8 Å². The number of aliphatic hydroxyl groups excluding tert-OH is 3. The van der Waals surface area contributed by atoms with Gasteiger partial charge in [0, 0.05) is 47.3 Å². The van der Waals surface area contributed by atoms with E-state index in [1.54, 1.807) is 0 Å². The second-order valence-electron chi connectivity index (χ2n) is 6.74. The van der Waals surface area contributed by atoms with Gasteiger partial charge in [-0.15, -0.1) is 23.2 Å². The highest BCUT2D eigenvalue weighted by Crippen LogP contribution is 2.10. The van der Waals surface area contributed by atoms with Gasteiger partial charge in [-0.2, -0.15) is 0 Å². The normalized spacial score (nSPS) is 16.6. The Morgan fingerprint density at radius 1 is 1.00 bits per heavy atom. The molecule has 0 aliphatic carbocycles. The first-order valence-corrected chi connectivity index (χ1v) is 12.2. The van der Waals surface area contributed by atoms with Crippen LogP contribution in [0, 0.1) is 0 Å². The highest BCUT2D eigenvalue weighted by atomic mass is 35.5. The van der Waals surface area contributed by atoms with Gasteiger partial charge in [-0.1, -0.05) is 21.3 Å². The van der Waals surface area contributed by atoms with Gasteiger partial charge in [-0.25, -0.2) is 0 Å². The molecule has 36 heavy (non-hydrogen) atoms. The monoisotopic (exact) mass is 570 g/mol. The van der Waals surface area contributed by atoms with Crippen molar-refractivity contribution in [3.63, 3.8) is 0 Å². The molecule has 0 aromatic rings. The first-order chi connectivity index (χ1) is 16.7. The summed E-state index contributed by atoms with van der Waals surface area (Å²) in [5.41, 5.74) is 0. The topological polar surface area (TPSA) is 165 Å². The lowest BCUT2D eigenvalue weighted by Crippen LogP contribution is -2.33. The van der Waals surface area contributed by atoms with Crippen LogP contribution < -0.4 is 10.6 Å². The van der Waals surface area contributed by atoms with Crippen LogP contribution in [0.2, 0.25) is 0 Å². The third-order valence-corrected chi connectivity index (χ3v) is 3.82. The Balaban J connectivity index is -0.000000209. The third-order valence-electron chi connectivity index (χ3n) is 3.82. The molecular formula is C22H48Cl2N2O10. The van der Waals surface area contributed by atoms with E-state index >= 15 is 0 Å². The van der Waals surface area contributed by atoms with Gasteiger partial charge in [0.1, 0.15) is 6.10 Å². The molecule has 1 heterocycles. The molecule has 1 aliphatic rings.